The number of sulfonamides is 1. The van der Waals surface area contributed by atoms with E-state index in [-0.39, 0.29) is 16.7 Å². The molecule has 0 saturated carbocycles. The van der Waals surface area contributed by atoms with Gasteiger partial charge in [0.15, 0.2) is 0 Å². The zero-order valence-corrected chi connectivity index (χ0v) is 16.9. The van der Waals surface area contributed by atoms with Crippen molar-refractivity contribution in [3.05, 3.63) is 64.4 Å². The number of carbonyl (C=O) groups is 1. The van der Waals surface area contributed by atoms with Crippen LogP contribution in [-0.4, -0.2) is 30.8 Å². The van der Waals surface area contributed by atoms with Crippen LogP contribution in [0.1, 0.15) is 37.4 Å². The van der Waals surface area contributed by atoms with Crippen molar-refractivity contribution in [1.82, 2.24) is 5.01 Å². The lowest BCUT2D eigenvalue weighted by molar-refractivity contribution is -0.130. The van der Waals surface area contributed by atoms with Crippen molar-refractivity contribution in [2.45, 2.75) is 26.3 Å². The largest absolute Gasteiger partial charge is 0.284 e. The number of anilines is 1. The third kappa shape index (κ3) is 4.34. The van der Waals surface area contributed by atoms with E-state index in [0.29, 0.717) is 28.9 Å². The Kier molecular flexibility index (Phi) is 5.71. The second-order valence-electron chi connectivity index (χ2n) is 6.39. The molecule has 1 aliphatic heterocycles. The Morgan fingerprint density at radius 3 is 2.71 bits per heavy atom. The average molecular weight is 424 g/mol. The molecule has 0 spiro atoms. The maximum absolute atomic E-state index is 13.9. The summed E-state index contributed by atoms with van der Waals surface area (Å²) in [5, 5.41) is 5.71. The van der Waals surface area contributed by atoms with E-state index >= 15 is 0 Å². The molecule has 28 heavy (non-hydrogen) atoms. The first-order valence-corrected chi connectivity index (χ1v) is 10.7. The fraction of sp³-hybridized carbons (Fsp3) is 0.263. The van der Waals surface area contributed by atoms with Crippen molar-refractivity contribution in [2.75, 3.05) is 10.5 Å². The van der Waals surface area contributed by atoms with E-state index in [1.165, 1.54) is 24.1 Å². The van der Waals surface area contributed by atoms with E-state index in [0.717, 1.165) is 0 Å². The Morgan fingerprint density at radius 2 is 2.07 bits per heavy atom. The normalized spacial score (nSPS) is 16.8. The highest BCUT2D eigenvalue weighted by molar-refractivity contribution is 7.92. The fourth-order valence-corrected chi connectivity index (χ4v) is 3.72. The number of amides is 1. The minimum atomic E-state index is -3.41. The number of nitrogens with one attached hydrogen (secondary N) is 1. The van der Waals surface area contributed by atoms with E-state index in [1.807, 2.05) is 0 Å². The molecule has 0 bridgehead atoms. The van der Waals surface area contributed by atoms with Crippen LogP contribution in [0, 0.1) is 5.82 Å². The Balaban J connectivity index is 1.92. The lowest BCUT2D eigenvalue weighted by atomic mass is 9.98. The fourth-order valence-electron chi connectivity index (χ4n) is 2.97. The van der Waals surface area contributed by atoms with Gasteiger partial charge in [-0.15, -0.1) is 0 Å². The first-order valence-electron chi connectivity index (χ1n) is 8.63. The van der Waals surface area contributed by atoms with Crippen molar-refractivity contribution in [3.8, 4) is 0 Å². The van der Waals surface area contributed by atoms with E-state index in [9.17, 15) is 17.6 Å². The highest BCUT2D eigenvalue weighted by Gasteiger charge is 2.32. The van der Waals surface area contributed by atoms with Crippen LogP contribution in [0.3, 0.4) is 0 Å². The van der Waals surface area contributed by atoms with Crippen LogP contribution in [-0.2, 0) is 14.8 Å². The highest BCUT2D eigenvalue weighted by Crippen LogP contribution is 2.34. The standard InChI is InChI=1S/C19H19ClFN3O3S/c1-3-28(26,27)23-15-6-4-5-13(9-15)18-11-19(24(22-18)12(2)25)14-7-8-16(20)17(21)10-14/h4-10,19,23H,3,11H2,1-2H3/t19-/m0/s1. The molecular weight excluding hydrogens is 405 g/mol. The van der Waals surface area contributed by atoms with Gasteiger partial charge < -0.3 is 0 Å². The molecule has 9 heteroatoms. The topological polar surface area (TPSA) is 78.8 Å². The van der Waals surface area contributed by atoms with E-state index in [2.05, 4.69) is 9.82 Å². The van der Waals surface area contributed by atoms with Crippen molar-refractivity contribution >= 4 is 38.9 Å². The molecule has 0 aromatic heterocycles. The second kappa shape index (κ2) is 7.89. The summed E-state index contributed by atoms with van der Waals surface area (Å²) in [4.78, 5) is 12.1. The van der Waals surface area contributed by atoms with Crippen LogP contribution in [0.5, 0.6) is 0 Å². The van der Waals surface area contributed by atoms with Crippen LogP contribution < -0.4 is 4.72 Å². The Morgan fingerprint density at radius 1 is 1.32 bits per heavy atom. The molecule has 2 aromatic rings. The molecule has 0 saturated heterocycles. The van der Waals surface area contributed by atoms with E-state index in [1.54, 1.807) is 37.3 Å². The minimum Gasteiger partial charge on any atom is -0.284 e. The van der Waals surface area contributed by atoms with Gasteiger partial charge in [0.2, 0.25) is 15.9 Å². The summed E-state index contributed by atoms with van der Waals surface area (Å²) in [7, 11) is -3.41. The molecule has 1 atom stereocenters. The zero-order chi connectivity index (χ0) is 20.5. The summed E-state index contributed by atoms with van der Waals surface area (Å²) < 4.78 is 40.0. The molecule has 0 unspecified atom stereocenters. The number of rotatable bonds is 5. The van der Waals surface area contributed by atoms with E-state index in [4.69, 9.17) is 11.6 Å². The minimum absolute atomic E-state index is 0.00757. The maximum atomic E-state index is 13.9. The summed E-state index contributed by atoms with van der Waals surface area (Å²) in [6.45, 7) is 2.94. The third-order valence-electron chi connectivity index (χ3n) is 4.41. The van der Waals surface area contributed by atoms with Gasteiger partial charge in [0.25, 0.3) is 0 Å². The number of hydrazone groups is 1. The molecular formula is C19H19ClFN3O3S. The molecule has 148 valence electrons. The third-order valence-corrected chi connectivity index (χ3v) is 6.02. The van der Waals surface area contributed by atoms with Crippen molar-refractivity contribution in [2.24, 2.45) is 5.10 Å². The lowest BCUT2D eigenvalue weighted by Gasteiger charge is -2.20. The van der Waals surface area contributed by atoms with Crippen LogP contribution in [0.25, 0.3) is 0 Å². The van der Waals surface area contributed by atoms with E-state index < -0.39 is 21.9 Å². The van der Waals surface area contributed by atoms with Gasteiger partial charge in [0.05, 0.1) is 22.5 Å². The molecule has 0 radical (unpaired) electrons. The SMILES string of the molecule is CCS(=O)(=O)Nc1cccc(C2=NN(C(C)=O)[C@H](c3ccc(Cl)c(F)c3)C2)c1. The molecule has 1 heterocycles. The molecule has 0 fully saturated rings. The van der Waals surface area contributed by atoms with Gasteiger partial charge in [-0.05, 0) is 42.3 Å². The summed E-state index contributed by atoms with van der Waals surface area (Å²) in [6, 6.07) is 10.7. The van der Waals surface area contributed by atoms with Crippen LogP contribution in [0.15, 0.2) is 47.6 Å². The molecule has 6 nitrogen and oxygen atoms in total. The predicted octanol–water partition coefficient (Wildman–Crippen LogP) is 3.94. The summed E-state index contributed by atoms with van der Waals surface area (Å²) in [6.07, 6.45) is 0.366. The zero-order valence-electron chi connectivity index (χ0n) is 15.3. The van der Waals surface area contributed by atoms with Crippen molar-refractivity contribution in [3.63, 3.8) is 0 Å². The smallest absolute Gasteiger partial charge is 0.240 e. The molecule has 1 N–H and O–H groups in total. The lowest BCUT2D eigenvalue weighted by Crippen LogP contribution is -2.24. The Labute approximate surface area is 168 Å². The van der Waals surface area contributed by atoms with Crippen LogP contribution >= 0.6 is 11.6 Å². The molecule has 1 aliphatic rings. The monoisotopic (exact) mass is 423 g/mol. The van der Waals surface area contributed by atoms with Crippen molar-refractivity contribution in [1.29, 1.82) is 0 Å². The quantitative estimate of drug-likeness (QED) is 0.791. The first-order chi connectivity index (χ1) is 13.2. The molecule has 2 aromatic carbocycles. The van der Waals surface area contributed by atoms with Crippen molar-refractivity contribution < 1.29 is 17.6 Å². The molecule has 1 amide bonds. The number of nitrogens with zero attached hydrogens (tertiary/aromatic N) is 2. The number of carbonyl (C=O) groups excluding carboxylic acids is 1. The van der Waals surface area contributed by atoms with Gasteiger partial charge in [-0.25, -0.2) is 17.8 Å². The highest BCUT2D eigenvalue weighted by atomic mass is 35.5. The Hall–Kier alpha value is -2.45. The maximum Gasteiger partial charge on any atom is 0.240 e. The van der Waals surface area contributed by atoms with Crippen LogP contribution in [0.2, 0.25) is 5.02 Å². The summed E-state index contributed by atoms with van der Waals surface area (Å²) in [5.74, 6) is -0.884. The van der Waals surface area contributed by atoms with Gasteiger partial charge in [-0.3, -0.25) is 9.52 Å². The second-order valence-corrected chi connectivity index (χ2v) is 8.81. The number of hydrogen-bond acceptors (Lipinski definition) is 4. The van der Waals surface area contributed by atoms with Gasteiger partial charge in [-0.2, -0.15) is 5.10 Å². The molecule has 3 rings (SSSR count). The molecule has 0 aliphatic carbocycles. The number of hydrogen-bond donors (Lipinski definition) is 1. The Bertz CT molecular complexity index is 1060. The summed E-state index contributed by atoms with van der Waals surface area (Å²) >= 11 is 5.75. The first kappa shape index (κ1) is 20.3. The average Bonchev–Trinajstić information content (AvgIpc) is 3.10. The van der Waals surface area contributed by atoms with Gasteiger partial charge >= 0.3 is 0 Å². The predicted molar refractivity (Wildman–Crippen MR) is 107 cm³/mol. The number of halogens is 2. The van der Waals surface area contributed by atoms with Crippen LogP contribution in [0.4, 0.5) is 10.1 Å². The summed E-state index contributed by atoms with van der Waals surface area (Å²) in [5.41, 5.74) is 2.28. The number of benzene rings is 2. The van der Waals surface area contributed by atoms with Gasteiger partial charge in [0, 0.05) is 19.0 Å². The van der Waals surface area contributed by atoms with Gasteiger partial charge in [-0.1, -0.05) is 29.8 Å². The van der Waals surface area contributed by atoms with Gasteiger partial charge in [0.1, 0.15) is 5.82 Å².